The summed E-state index contributed by atoms with van der Waals surface area (Å²) < 4.78 is 0.953. The summed E-state index contributed by atoms with van der Waals surface area (Å²) >= 11 is 3.35. The van der Waals surface area contributed by atoms with E-state index in [2.05, 4.69) is 20.9 Å². The summed E-state index contributed by atoms with van der Waals surface area (Å²) in [5, 5.41) is 9.26. The van der Waals surface area contributed by atoms with E-state index in [0.29, 0.717) is 0 Å². The minimum atomic E-state index is -0.576. The Morgan fingerprint density at radius 3 is 2.69 bits per heavy atom. The van der Waals surface area contributed by atoms with Gasteiger partial charge in [0.15, 0.2) is 0 Å². The van der Waals surface area contributed by atoms with Crippen LogP contribution in [0.1, 0.15) is 24.2 Å². The van der Waals surface area contributed by atoms with E-state index in [4.69, 9.17) is 5.73 Å². The molecule has 0 radical (unpaired) electrons. The fourth-order valence-corrected chi connectivity index (χ4v) is 1.21. The molecule has 0 saturated carbocycles. The van der Waals surface area contributed by atoms with Gasteiger partial charge in [0.25, 0.3) is 0 Å². The smallest absolute Gasteiger partial charge is 0.0731 e. The van der Waals surface area contributed by atoms with Crippen molar-refractivity contribution >= 4 is 15.9 Å². The first-order valence-electron chi connectivity index (χ1n) is 4.08. The summed E-state index contributed by atoms with van der Waals surface area (Å²) in [6, 6.07) is 1.47. The van der Waals surface area contributed by atoms with Crippen LogP contribution < -0.4 is 5.73 Å². The van der Waals surface area contributed by atoms with Crippen molar-refractivity contribution in [3.8, 4) is 0 Å². The molecule has 3 N–H and O–H groups in total. The average Bonchev–Trinajstić information content (AvgIpc) is 2.08. The summed E-state index contributed by atoms with van der Waals surface area (Å²) in [6.07, 6.45) is 1.13. The van der Waals surface area contributed by atoms with Gasteiger partial charge in [-0.05, 0) is 41.4 Å². The predicted molar refractivity (Wildman–Crippen MR) is 55.3 cm³/mol. The third kappa shape index (κ3) is 2.49. The molecule has 0 amide bonds. The molecule has 0 saturated heterocycles. The Hall–Kier alpha value is -0.450. The van der Waals surface area contributed by atoms with Gasteiger partial charge < -0.3 is 10.8 Å². The lowest BCUT2D eigenvalue weighted by Gasteiger charge is -2.14. The van der Waals surface area contributed by atoms with Crippen molar-refractivity contribution in [3.63, 3.8) is 0 Å². The van der Waals surface area contributed by atoms with Crippen molar-refractivity contribution in [2.75, 3.05) is 0 Å². The second-order valence-electron chi connectivity index (χ2n) is 3.12. The molecule has 72 valence electrons. The van der Waals surface area contributed by atoms with Crippen molar-refractivity contribution in [3.05, 3.63) is 28.0 Å². The van der Waals surface area contributed by atoms with Crippen LogP contribution in [0.3, 0.4) is 0 Å². The van der Waals surface area contributed by atoms with Crippen LogP contribution in [0.25, 0.3) is 0 Å². The topological polar surface area (TPSA) is 59.1 Å². The van der Waals surface area contributed by atoms with Crippen molar-refractivity contribution in [1.82, 2.24) is 4.98 Å². The molecule has 4 heteroatoms. The van der Waals surface area contributed by atoms with E-state index in [9.17, 15) is 5.11 Å². The monoisotopic (exact) mass is 244 g/mol. The molecule has 13 heavy (non-hydrogen) atoms. The molecule has 0 aliphatic carbocycles. The van der Waals surface area contributed by atoms with Crippen molar-refractivity contribution < 1.29 is 5.11 Å². The number of hydrogen-bond donors (Lipinski definition) is 2. The van der Waals surface area contributed by atoms with E-state index in [1.165, 1.54) is 0 Å². The highest BCUT2D eigenvalue weighted by Crippen LogP contribution is 2.19. The molecule has 2 atom stereocenters. The molecule has 1 rings (SSSR count). The minimum absolute atomic E-state index is 0.410. The molecule has 0 bridgehead atoms. The van der Waals surface area contributed by atoms with Gasteiger partial charge in [0.1, 0.15) is 0 Å². The Morgan fingerprint density at radius 1 is 1.62 bits per heavy atom. The summed E-state index contributed by atoms with van der Waals surface area (Å²) in [6.45, 7) is 3.62. The van der Waals surface area contributed by atoms with E-state index < -0.39 is 12.1 Å². The molecule has 1 aromatic rings. The molecule has 0 aliphatic rings. The lowest BCUT2D eigenvalue weighted by Crippen LogP contribution is -2.24. The molecule has 0 fully saturated rings. The maximum atomic E-state index is 9.26. The van der Waals surface area contributed by atoms with Crippen LogP contribution in [0.15, 0.2) is 16.7 Å². The number of halogens is 1. The number of pyridine rings is 1. The van der Waals surface area contributed by atoms with Crippen LogP contribution in [-0.2, 0) is 0 Å². The van der Waals surface area contributed by atoms with Gasteiger partial charge in [-0.25, -0.2) is 0 Å². The molecule has 0 unspecified atom stereocenters. The number of aliphatic hydroxyl groups is 1. The van der Waals surface area contributed by atoms with Gasteiger partial charge in [0, 0.05) is 10.7 Å². The van der Waals surface area contributed by atoms with E-state index in [1.54, 1.807) is 13.1 Å². The number of hydrogen-bond acceptors (Lipinski definition) is 3. The highest BCUT2D eigenvalue weighted by atomic mass is 79.9. The molecule has 3 nitrogen and oxygen atoms in total. The van der Waals surface area contributed by atoms with Gasteiger partial charge in [-0.3, -0.25) is 4.98 Å². The van der Waals surface area contributed by atoms with Gasteiger partial charge in [-0.15, -0.1) is 0 Å². The number of nitrogens with two attached hydrogens (primary N) is 1. The molecule has 1 heterocycles. The normalized spacial score (nSPS) is 15.5. The lowest BCUT2D eigenvalue weighted by atomic mass is 10.1. The Morgan fingerprint density at radius 2 is 2.23 bits per heavy atom. The molecular weight excluding hydrogens is 232 g/mol. The second-order valence-corrected chi connectivity index (χ2v) is 3.98. The van der Waals surface area contributed by atoms with Gasteiger partial charge >= 0.3 is 0 Å². The zero-order chi connectivity index (χ0) is 10.0. The highest BCUT2D eigenvalue weighted by Gasteiger charge is 2.13. The Kier molecular flexibility index (Phi) is 3.41. The molecule has 0 spiro atoms. The van der Waals surface area contributed by atoms with Crippen LogP contribution in [0.5, 0.6) is 0 Å². The van der Waals surface area contributed by atoms with Crippen LogP contribution in [0, 0.1) is 6.92 Å². The average molecular weight is 245 g/mol. The maximum Gasteiger partial charge on any atom is 0.0731 e. The second kappa shape index (κ2) is 4.17. The third-order valence-electron chi connectivity index (χ3n) is 1.93. The lowest BCUT2D eigenvalue weighted by molar-refractivity contribution is 0.162. The number of aromatic nitrogens is 1. The summed E-state index contributed by atoms with van der Waals surface area (Å²) in [4.78, 5) is 4.13. The van der Waals surface area contributed by atoms with E-state index in [0.717, 1.165) is 15.7 Å². The Labute approximate surface area is 86.1 Å². The van der Waals surface area contributed by atoms with Crippen LogP contribution >= 0.6 is 15.9 Å². The van der Waals surface area contributed by atoms with Crippen LogP contribution in [-0.4, -0.2) is 16.2 Å². The van der Waals surface area contributed by atoms with Crippen LogP contribution in [0.4, 0.5) is 0 Å². The van der Waals surface area contributed by atoms with Crippen molar-refractivity contribution in [2.24, 2.45) is 5.73 Å². The zero-order valence-corrected chi connectivity index (χ0v) is 9.25. The highest BCUT2D eigenvalue weighted by molar-refractivity contribution is 9.10. The Balaban J connectivity index is 2.97. The zero-order valence-electron chi connectivity index (χ0n) is 7.66. The van der Waals surface area contributed by atoms with E-state index >= 15 is 0 Å². The van der Waals surface area contributed by atoms with Gasteiger partial charge in [0.05, 0.1) is 17.8 Å². The van der Waals surface area contributed by atoms with Crippen molar-refractivity contribution in [1.29, 1.82) is 0 Å². The largest absolute Gasteiger partial charge is 0.391 e. The SMILES string of the molecule is Cc1cc([C@@H](N)[C@H](C)O)ncc1Br. The van der Waals surface area contributed by atoms with E-state index in [-0.39, 0.29) is 0 Å². The first-order valence-corrected chi connectivity index (χ1v) is 4.87. The maximum absolute atomic E-state index is 9.26. The minimum Gasteiger partial charge on any atom is -0.391 e. The quantitative estimate of drug-likeness (QED) is 0.830. The predicted octanol–water partition coefficient (Wildman–Crippen LogP) is 1.53. The summed E-state index contributed by atoms with van der Waals surface area (Å²) in [5.74, 6) is 0. The summed E-state index contributed by atoms with van der Waals surface area (Å²) in [5.41, 5.74) is 7.52. The number of rotatable bonds is 2. The molecule has 0 aromatic carbocycles. The Bertz CT molecular complexity index is 302. The van der Waals surface area contributed by atoms with Crippen LogP contribution in [0.2, 0.25) is 0 Å². The first kappa shape index (κ1) is 10.6. The molecule has 1 aromatic heterocycles. The van der Waals surface area contributed by atoms with E-state index in [1.807, 2.05) is 13.0 Å². The first-order chi connectivity index (χ1) is 6.02. The number of aliphatic hydroxyl groups excluding tert-OH is 1. The van der Waals surface area contributed by atoms with Gasteiger partial charge in [-0.2, -0.15) is 0 Å². The fraction of sp³-hybridized carbons (Fsp3) is 0.444. The molecule has 0 aliphatic heterocycles. The fourth-order valence-electron chi connectivity index (χ4n) is 0.990. The number of aryl methyl sites for hydroxylation is 1. The van der Waals surface area contributed by atoms with Crippen molar-refractivity contribution in [2.45, 2.75) is 26.0 Å². The number of nitrogens with zero attached hydrogens (tertiary/aromatic N) is 1. The van der Waals surface area contributed by atoms with Gasteiger partial charge in [-0.1, -0.05) is 0 Å². The third-order valence-corrected chi connectivity index (χ3v) is 2.76. The van der Waals surface area contributed by atoms with Gasteiger partial charge in [0.2, 0.25) is 0 Å². The standard InChI is InChI=1S/C9H13BrN2O/c1-5-3-8(9(11)6(2)13)12-4-7(5)10/h3-4,6,9,13H,11H2,1-2H3/t6-,9-/m0/s1. The molecular formula is C9H13BrN2O. The summed E-state index contributed by atoms with van der Waals surface area (Å²) in [7, 11) is 0.